The number of fused-ring (bicyclic) bond motifs is 1. The minimum Gasteiger partial charge on any atom is -0.494 e. The Balaban J connectivity index is 1.44. The van der Waals surface area contributed by atoms with Crippen LogP contribution in [0, 0.1) is 0 Å². The molecule has 0 spiro atoms. The van der Waals surface area contributed by atoms with E-state index in [4.69, 9.17) is 19.4 Å². The van der Waals surface area contributed by atoms with Crippen LogP contribution in [0.25, 0.3) is 0 Å². The van der Waals surface area contributed by atoms with E-state index in [9.17, 15) is 4.79 Å². The van der Waals surface area contributed by atoms with E-state index in [1.165, 1.54) is 0 Å². The first-order valence-corrected chi connectivity index (χ1v) is 12.0. The molecule has 11 heteroatoms. The van der Waals surface area contributed by atoms with Gasteiger partial charge >= 0.3 is 0 Å². The SMILES string of the molecule is CNC(=O)c1cccc(Nc2nc(Nc3ccc(N4CCOCC4)cc3OC)nc3c2C(C)CN3)n1. The Hall–Kier alpha value is -4.12. The normalized spacial score (nSPS) is 16.6. The third kappa shape index (κ3) is 4.82. The lowest BCUT2D eigenvalue weighted by Gasteiger charge is -2.29. The maximum absolute atomic E-state index is 12.0. The molecule has 0 bridgehead atoms. The average molecular weight is 491 g/mol. The number of morpholine rings is 1. The lowest BCUT2D eigenvalue weighted by atomic mass is 10.1. The summed E-state index contributed by atoms with van der Waals surface area (Å²) in [6.45, 7) is 5.99. The van der Waals surface area contributed by atoms with Crippen molar-refractivity contribution in [2.24, 2.45) is 0 Å². The lowest BCUT2D eigenvalue weighted by molar-refractivity contribution is 0.0958. The van der Waals surface area contributed by atoms with Crippen molar-refractivity contribution < 1.29 is 14.3 Å². The second-order valence-corrected chi connectivity index (χ2v) is 8.66. The van der Waals surface area contributed by atoms with Crippen molar-refractivity contribution in [2.75, 3.05) is 67.9 Å². The summed E-state index contributed by atoms with van der Waals surface area (Å²) in [6.07, 6.45) is 0. The number of nitrogens with one attached hydrogen (secondary N) is 4. The number of pyridine rings is 1. The van der Waals surface area contributed by atoms with Crippen molar-refractivity contribution >= 4 is 40.7 Å². The van der Waals surface area contributed by atoms with Crippen LogP contribution < -0.4 is 30.9 Å². The molecule has 1 atom stereocenters. The molecule has 5 rings (SSSR count). The van der Waals surface area contributed by atoms with Crippen LogP contribution in [0.4, 0.5) is 34.8 Å². The Morgan fingerprint density at radius 3 is 2.75 bits per heavy atom. The number of nitrogens with zero attached hydrogens (tertiary/aromatic N) is 4. The molecule has 11 nitrogen and oxygen atoms in total. The van der Waals surface area contributed by atoms with Gasteiger partial charge in [0.05, 0.1) is 26.0 Å². The van der Waals surface area contributed by atoms with E-state index in [1.807, 2.05) is 12.1 Å². The van der Waals surface area contributed by atoms with E-state index in [0.717, 1.165) is 42.4 Å². The van der Waals surface area contributed by atoms with Crippen LogP contribution in [-0.4, -0.2) is 67.9 Å². The molecular weight excluding hydrogens is 460 g/mol. The van der Waals surface area contributed by atoms with Gasteiger partial charge in [-0.2, -0.15) is 9.97 Å². The fourth-order valence-electron chi connectivity index (χ4n) is 4.38. The van der Waals surface area contributed by atoms with Gasteiger partial charge in [-0.25, -0.2) is 4.98 Å². The molecule has 0 saturated carbocycles. The average Bonchev–Trinajstić information content (AvgIpc) is 3.29. The predicted molar refractivity (Wildman–Crippen MR) is 139 cm³/mol. The number of carbonyl (C=O) groups excluding carboxylic acids is 1. The van der Waals surface area contributed by atoms with Gasteiger partial charge in [-0.1, -0.05) is 13.0 Å². The molecule has 4 heterocycles. The summed E-state index contributed by atoms with van der Waals surface area (Å²) in [5.41, 5.74) is 3.13. The van der Waals surface area contributed by atoms with Gasteiger partial charge in [-0.15, -0.1) is 0 Å². The maximum atomic E-state index is 12.0. The summed E-state index contributed by atoms with van der Waals surface area (Å²) in [4.78, 5) is 28.2. The molecule has 0 aliphatic carbocycles. The van der Waals surface area contributed by atoms with Gasteiger partial charge < -0.3 is 35.6 Å². The van der Waals surface area contributed by atoms with Crippen molar-refractivity contribution in [3.63, 3.8) is 0 Å². The number of hydrogen-bond acceptors (Lipinski definition) is 10. The van der Waals surface area contributed by atoms with E-state index in [-0.39, 0.29) is 11.8 Å². The van der Waals surface area contributed by atoms with Crippen molar-refractivity contribution in [1.82, 2.24) is 20.3 Å². The highest BCUT2D eigenvalue weighted by molar-refractivity contribution is 5.92. The zero-order valence-electron chi connectivity index (χ0n) is 20.6. The largest absolute Gasteiger partial charge is 0.494 e. The number of anilines is 6. The second-order valence-electron chi connectivity index (χ2n) is 8.66. The van der Waals surface area contributed by atoms with Gasteiger partial charge in [-0.3, -0.25) is 4.79 Å². The van der Waals surface area contributed by atoms with E-state index in [0.29, 0.717) is 42.2 Å². The fourth-order valence-corrected chi connectivity index (χ4v) is 4.38. The van der Waals surface area contributed by atoms with Gasteiger partial charge in [0.2, 0.25) is 5.95 Å². The smallest absolute Gasteiger partial charge is 0.269 e. The number of carbonyl (C=O) groups is 1. The summed E-state index contributed by atoms with van der Waals surface area (Å²) >= 11 is 0. The molecule has 4 N–H and O–H groups in total. The molecule has 0 radical (unpaired) electrons. The summed E-state index contributed by atoms with van der Waals surface area (Å²) in [5.74, 6) is 2.98. The Morgan fingerprint density at radius 2 is 1.97 bits per heavy atom. The van der Waals surface area contributed by atoms with Gasteiger partial charge in [0.15, 0.2) is 0 Å². The van der Waals surface area contributed by atoms with Crippen molar-refractivity contribution in [2.45, 2.75) is 12.8 Å². The van der Waals surface area contributed by atoms with Gasteiger partial charge in [-0.05, 0) is 24.3 Å². The van der Waals surface area contributed by atoms with Crippen LogP contribution in [0.1, 0.15) is 28.9 Å². The minimum absolute atomic E-state index is 0.209. The third-order valence-corrected chi connectivity index (χ3v) is 6.28. The molecule has 1 saturated heterocycles. The van der Waals surface area contributed by atoms with Gasteiger partial charge in [0.1, 0.15) is 28.9 Å². The quantitative estimate of drug-likeness (QED) is 0.393. The molecule has 1 amide bonds. The lowest BCUT2D eigenvalue weighted by Crippen LogP contribution is -2.36. The first-order chi connectivity index (χ1) is 17.6. The minimum atomic E-state index is -0.253. The summed E-state index contributed by atoms with van der Waals surface area (Å²) in [5, 5.41) is 12.6. The molecule has 2 aliphatic rings. The Labute approximate surface area is 209 Å². The molecule has 1 unspecified atom stereocenters. The highest BCUT2D eigenvalue weighted by atomic mass is 16.5. The standard InChI is InChI=1S/C25H30N8O3/c1-15-14-27-22-21(15)23(30-20-6-4-5-18(28-20)24(34)26-2)32-25(31-22)29-17-8-7-16(13-19(17)35-3)33-9-11-36-12-10-33/h4-8,13,15H,9-12,14H2,1-3H3,(H,26,34)(H3,27,28,29,30,31,32). The summed E-state index contributed by atoms with van der Waals surface area (Å²) < 4.78 is 11.1. The first kappa shape index (κ1) is 23.6. The highest BCUT2D eigenvalue weighted by Gasteiger charge is 2.26. The van der Waals surface area contributed by atoms with Crippen LogP contribution in [0.5, 0.6) is 5.75 Å². The molecule has 36 heavy (non-hydrogen) atoms. The van der Waals surface area contributed by atoms with E-state index >= 15 is 0 Å². The molecule has 3 aromatic rings. The Morgan fingerprint density at radius 1 is 1.14 bits per heavy atom. The second kappa shape index (κ2) is 10.2. The third-order valence-electron chi connectivity index (χ3n) is 6.28. The maximum Gasteiger partial charge on any atom is 0.269 e. The van der Waals surface area contributed by atoms with E-state index in [1.54, 1.807) is 32.4 Å². The summed E-state index contributed by atoms with van der Waals surface area (Å²) in [7, 11) is 3.23. The molecule has 1 fully saturated rings. The van der Waals surface area contributed by atoms with Gasteiger partial charge in [0, 0.05) is 49.9 Å². The molecular formula is C25H30N8O3. The zero-order chi connectivity index (χ0) is 25.1. The fraction of sp³-hybridized carbons (Fsp3) is 0.360. The number of aromatic nitrogens is 3. The van der Waals surface area contributed by atoms with Crippen molar-refractivity contribution in [3.05, 3.63) is 47.7 Å². The van der Waals surface area contributed by atoms with Crippen LogP contribution in [0.3, 0.4) is 0 Å². The van der Waals surface area contributed by atoms with Crippen molar-refractivity contribution in [3.8, 4) is 5.75 Å². The van der Waals surface area contributed by atoms with Gasteiger partial charge in [0.25, 0.3) is 5.91 Å². The number of benzene rings is 1. The first-order valence-electron chi connectivity index (χ1n) is 12.0. The number of methoxy groups -OCH3 is 1. The van der Waals surface area contributed by atoms with E-state index < -0.39 is 0 Å². The van der Waals surface area contributed by atoms with Crippen LogP contribution in [-0.2, 0) is 4.74 Å². The topological polar surface area (TPSA) is 126 Å². The zero-order valence-corrected chi connectivity index (χ0v) is 20.6. The Kier molecular flexibility index (Phi) is 6.72. The molecule has 2 aliphatic heterocycles. The number of ether oxygens (including phenoxy) is 2. The monoisotopic (exact) mass is 490 g/mol. The van der Waals surface area contributed by atoms with Crippen molar-refractivity contribution in [1.29, 1.82) is 0 Å². The number of amides is 1. The van der Waals surface area contributed by atoms with Crippen LogP contribution >= 0.6 is 0 Å². The predicted octanol–water partition coefficient (Wildman–Crippen LogP) is 3.09. The molecule has 1 aromatic carbocycles. The number of rotatable bonds is 7. The number of hydrogen-bond donors (Lipinski definition) is 4. The van der Waals surface area contributed by atoms with Crippen LogP contribution in [0.15, 0.2) is 36.4 Å². The summed E-state index contributed by atoms with van der Waals surface area (Å²) in [6, 6.07) is 11.3. The molecule has 188 valence electrons. The molecule has 2 aromatic heterocycles. The highest BCUT2D eigenvalue weighted by Crippen LogP contribution is 2.38. The Bertz CT molecular complexity index is 1260. The van der Waals surface area contributed by atoms with E-state index in [2.05, 4.69) is 44.1 Å². The van der Waals surface area contributed by atoms with Crippen LogP contribution in [0.2, 0.25) is 0 Å².